The molecule has 9 heteroatoms. The molecule has 3 N–H and O–H groups in total. The van der Waals surface area contributed by atoms with Crippen molar-refractivity contribution >= 4 is 11.5 Å². The van der Waals surface area contributed by atoms with Gasteiger partial charge in [0.25, 0.3) is 0 Å². The van der Waals surface area contributed by atoms with Crippen LogP contribution in [0.1, 0.15) is 11.1 Å². The molecule has 0 amide bonds. The van der Waals surface area contributed by atoms with Gasteiger partial charge >= 0.3 is 6.18 Å². The van der Waals surface area contributed by atoms with Crippen molar-refractivity contribution in [2.75, 3.05) is 5.73 Å². The fourth-order valence-electron chi connectivity index (χ4n) is 2.17. The summed E-state index contributed by atoms with van der Waals surface area (Å²) in [6.07, 6.45) is -3.01. The molecule has 0 unspecified atom stereocenters. The molecule has 3 aromatic rings. The second kappa shape index (κ2) is 4.58. The number of phenolic OH excluding ortho intramolecular Hbond substituents is 1. The highest BCUT2D eigenvalue weighted by molar-refractivity contribution is 5.82. The van der Waals surface area contributed by atoms with E-state index in [2.05, 4.69) is 15.3 Å². The lowest BCUT2D eigenvalue weighted by Gasteiger charge is -2.10. The normalized spacial score (nSPS) is 12.0. The van der Waals surface area contributed by atoms with Gasteiger partial charge in [0, 0.05) is 5.56 Å². The van der Waals surface area contributed by atoms with Gasteiger partial charge in [0.1, 0.15) is 17.0 Å². The molecular formula is C13H10F3N5O. The van der Waals surface area contributed by atoms with E-state index in [1.54, 1.807) is 6.92 Å². The van der Waals surface area contributed by atoms with Gasteiger partial charge in [-0.3, -0.25) is 0 Å². The van der Waals surface area contributed by atoms with Crippen molar-refractivity contribution in [1.29, 1.82) is 0 Å². The third kappa shape index (κ3) is 2.10. The smallest absolute Gasteiger partial charge is 0.416 e. The monoisotopic (exact) mass is 309 g/mol. The Morgan fingerprint density at radius 2 is 1.95 bits per heavy atom. The van der Waals surface area contributed by atoms with E-state index in [4.69, 9.17) is 5.73 Å². The van der Waals surface area contributed by atoms with Crippen LogP contribution in [0.4, 0.5) is 19.1 Å². The molecule has 22 heavy (non-hydrogen) atoms. The van der Waals surface area contributed by atoms with Crippen molar-refractivity contribution < 1.29 is 18.3 Å². The number of nitrogens with two attached hydrogens (primary N) is 1. The summed E-state index contributed by atoms with van der Waals surface area (Å²) < 4.78 is 39.3. The van der Waals surface area contributed by atoms with E-state index in [1.807, 2.05) is 0 Å². The highest BCUT2D eigenvalue weighted by Crippen LogP contribution is 2.37. The van der Waals surface area contributed by atoms with Crippen molar-refractivity contribution in [2.24, 2.45) is 0 Å². The van der Waals surface area contributed by atoms with Crippen LogP contribution in [-0.2, 0) is 6.18 Å². The third-order valence-electron chi connectivity index (χ3n) is 3.23. The zero-order valence-corrected chi connectivity index (χ0v) is 11.3. The maximum atomic E-state index is 12.7. The van der Waals surface area contributed by atoms with E-state index in [1.165, 1.54) is 10.7 Å². The minimum absolute atomic E-state index is 0.0400. The average Bonchev–Trinajstić information content (AvgIpc) is 2.82. The number of benzene rings is 1. The van der Waals surface area contributed by atoms with Crippen molar-refractivity contribution in [2.45, 2.75) is 13.1 Å². The molecule has 6 nitrogen and oxygen atoms in total. The van der Waals surface area contributed by atoms with Crippen molar-refractivity contribution in [1.82, 2.24) is 19.8 Å². The number of rotatable bonds is 1. The van der Waals surface area contributed by atoms with Crippen LogP contribution in [0.2, 0.25) is 0 Å². The number of hydrogen-bond donors (Lipinski definition) is 2. The summed E-state index contributed by atoms with van der Waals surface area (Å²) in [4.78, 5) is 0. The number of alkyl halides is 3. The average molecular weight is 309 g/mol. The summed E-state index contributed by atoms with van der Waals surface area (Å²) in [6, 6.07) is 2.66. The number of fused-ring (bicyclic) bond motifs is 1. The number of phenols is 1. The Bertz CT molecular complexity index is 872. The SMILES string of the molecule is Cc1cnn2c(N)nnc(-c3ccc(C(F)(F)F)cc3O)c12. The number of halogens is 3. The van der Waals surface area contributed by atoms with Crippen molar-refractivity contribution in [3.63, 3.8) is 0 Å². The van der Waals surface area contributed by atoms with Gasteiger partial charge in [-0.1, -0.05) is 0 Å². The van der Waals surface area contributed by atoms with Crippen LogP contribution in [0.15, 0.2) is 24.4 Å². The number of hydrogen-bond acceptors (Lipinski definition) is 5. The Morgan fingerprint density at radius 3 is 2.59 bits per heavy atom. The Kier molecular flexibility index (Phi) is 2.94. The predicted octanol–water partition coefficient (Wildman–Crippen LogP) is 2.41. The van der Waals surface area contributed by atoms with E-state index < -0.39 is 17.5 Å². The molecule has 0 saturated heterocycles. The molecule has 0 aliphatic carbocycles. The molecule has 0 bridgehead atoms. The number of aromatic hydroxyl groups is 1. The van der Waals surface area contributed by atoms with Crippen LogP contribution in [0, 0.1) is 6.92 Å². The minimum Gasteiger partial charge on any atom is -0.507 e. The molecule has 2 heterocycles. The summed E-state index contributed by atoms with van der Waals surface area (Å²) in [5, 5.41) is 21.5. The Morgan fingerprint density at radius 1 is 1.23 bits per heavy atom. The van der Waals surface area contributed by atoms with Crippen LogP contribution >= 0.6 is 0 Å². The van der Waals surface area contributed by atoms with Gasteiger partial charge in [0.2, 0.25) is 5.95 Å². The molecule has 0 spiro atoms. The number of aryl methyl sites for hydroxylation is 1. The molecule has 0 aliphatic heterocycles. The first-order valence-corrected chi connectivity index (χ1v) is 6.16. The quantitative estimate of drug-likeness (QED) is 0.720. The van der Waals surface area contributed by atoms with Crippen LogP contribution in [0.3, 0.4) is 0 Å². The van der Waals surface area contributed by atoms with Gasteiger partial charge in [-0.05, 0) is 30.7 Å². The van der Waals surface area contributed by atoms with E-state index in [9.17, 15) is 18.3 Å². The van der Waals surface area contributed by atoms with E-state index in [0.717, 1.165) is 12.1 Å². The molecule has 0 aliphatic rings. The maximum absolute atomic E-state index is 12.7. The third-order valence-corrected chi connectivity index (χ3v) is 3.23. The second-order valence-electron chi connectivity index (χ2n) is 4.72. The Labute approximate surface area is 122 Å². The summed E-state index contributed by atoms with van der Waals surface area (Å²) in [5.74, 6) is -0.505. The number of nitrogen functional groups attached to an aromatic ring is 1. The largest absolute Gasteiger partial charge is 0.507 e. The zero-order valence-electron chi connectivity index (χ0n) is 11.3. The molecule has 0 saturated carbocycles. The molecule has 1 aromatic carbocycles. The highest BCUT2D eigenvalue weighted by Gasteiger charge is 2.31. The van der Waals surface area contributed by atoms with E-state index in [-0.39, 0.29) is 17.2 Å². The fraction of sp³-hybridized carbons (Fsp3) is 0.154. The van der Waals surface area contributed by atoms with Gasteiger partial charge in [-0.15, -0.1) is 10.2 Å². The topological polar surface area (TPSA) is 89.3 Å². The van der Waals surface area contributed by atoms with Crippen LogP contribution in [-0.4, -0.2) is 24.9 Å². The van der Waals surface area contributed by atoms with Crippen molar-refractivity contribution in [3.05, 3.63) is 35.5 Å². The van der Waals surface area contributed by atoms with Crippen molar-refractivity contribution in [3.8, 4) is 17.0 Å². The standard InChI is InChI=1S/C13H10F3N5O/c1-6-5-18-21-11(6)10(19-20-12(21)17)8-3-2-7(4-9(8)22)13(14,15)16/h2-5,22H,1H3,(H2,17,20). The van der Waals surface area contributed by atoms with Gasteiger partial charge in [-0.2, -0.15) is 22.8 Å². The first-order valence-electron chi connectivity index (χ1n) is 6.16. The molecule has 0 fully saturated rings. The van der Waals surface area contributed by atoms with Crippen LogP contribution < -0.4 is 5.73 Å². The molecule has 2 aromatic heterocycles. The van der Waals surface area contributed by atoms with Gasteiger partial charge in [-0.25, -0.2) is 0 Å². The van der Waals surface area contributed by atoms with Gasteiger partial charge in [0.05, 0.1) is 11.8 Å². The Balaban J connectivity index is 2.25. The predicted molar refractivity (Wildman–Crippen MR) is 72.0 cm³/mol. The highest BCUT2D eigenvalue weighted by atomic mass is 19.4. The number of anilines is 1. The zero-order chi connectivity index (χ0) is 16.1. The first-order chi connectivity index (χ1) is 10.3. The second-order valence-corrected chi connectivity index (χ2v) is 4.72. The number of nitrogens with zero attached hydrogens (tertiary/aromatic N) is 4. The summed E-state index contributed by atoms with van der Waals surface area (Å²) in [6.45, 7) is 1.74. The minimum atomic E-state index is -4.54. The summed E-state index contributed by atoms with van der Waals surface area (Å²) in [5.41, 5.74) is 6.21. The lowest BCUT2D eigenvalue weighted by atomic mass is 10.1. The lowest BCUT2D eigenvalue weighted by molar-refractivity contribution is -0.137. The van der Waals surface area contributed by atoms with E-state index in [0.29, 0.717) is 17.1 Å². The molecular weight excluding hydrogens is 299 g/mol. The van der Waals surface area contributed by atoms with E-state index >= 15 is 0 Å². The molecule has 0 radical (unpaired) electrons. The summed E-state index contributed by atoms with van der Waals surface area (Å²) in [7, 11) is 0. The Hall–Kier alpha value is -2.84. The first kappa shape index (κ1) is 14.1. The van der Waals surface area contributed by atoms with Crippen LogP contribution in [0.25, 0.3) is 16.8 Å². The van der Waals surface area contributed by atoms with Gasteiger partial charge in [0.15, 0.2) is 0 Å². The number of aromatic nitrogens is 4. The maximum Gasteiger partial charge on any atom is 0.416 e. The molecule has 114 valence electrons. The summed E-state index contributed by atoms with van der Waals surface area (Å²) >= 11 is 0. The van der Waals surface area contributed by atoms with Gasteiger partial charge < -0.3 is 10.8 Å². The van der Waals surface area contributed by atoms with Crippen LogP contribution in [0.5, 0.6) is 5.75 Å². The molecule has 0 atom stereocenters. The fourth-order valence-corrected chi connectivity index (χ4v) is 2.17. The lowest BCUT2D eigenvalue weighted by Crippen LogP contribution is -2.07. The molecule has 3 rings (SSSR count).